The molecule has 208 valence electrons. The van der Waals surface area contributed by atoms with Crippen molar-refractivity contribution in [2.45, 2.75) is 37.1 Å². The fourth-order valence-corrected chi connectivity index (χ4v) is 5.84. The molecule has 1 heterocycles. The number of nitrogens with one attached hydrogen (secondary N) is 3. The van der Waals surface area contributed by atoms with Crippen molar-refractivity contribution in [1.29, 1.82) is 0 Å². The number of aliphatic hydroxyl groups is 1. The number of carbonyl (C=O) groups excluding carboxylic acids is 1. The molecule has 1 atom stereocenters. The molecule has 1 aromatic heterocycles. The number of amides is 1. The highest BCUT2D eigenvalue weighted by Gasteiger charge is 2.31. The van der Waals surface area contributed by atoms with Crippen molar-refractivity contribution < 1.29 is 31.9 Å². The molecule has 1 unspecified atom stereocenters. The third kappa shape index (κ3) is 7.28. The summed E-state index contributed by atoms with van der Waals surface area (Å²) in [5, 5.41) is 12.2. The smallest absolute Gasteiger partial charge is 0.277 e. The van der Waals surface area contributed by atoms with Crippen molar-refractivity contribution in [2.24, 2.45) is 5.92 Å². The zero-order valence-corrected chi connectivity index (χ0v) is 23.9. The van der Waals surface area contributed by atoms with Crippen LogP contribution in [0.4, 0.5) is 20.2 Å². The first-order valence-corrected chi connectivity index (χ1v) is 14.7. The van der Waals surface area contributed by atoms with E-state index < -0.39 is 49.8 Å². The van der Waals surface area contributed by atoms with E-state index in [0.717, 1.165) is 22.5 Å². The Kier molecular flexibility index (Phi) is 9.48. The van der Waals surface area contributed by atoms with Crippen molar-refractivity contribution in [3.05, 3.63) is 80.7 Å². The normalized spacial score (nSPS) is 14.2. The second-order valence-corrected chi connectivity index (χ2v) is 12.1. The van der Waals surface area contributed by atoms with Crippen molar-refractivity contribution >= 4 is 49.9 Å². The Morgan fingerprint density at radius 2 is 1.90 bits per heavy atom. The van der Waals surface area contributed by atoms with Crippen LogP contribution in [0.2, 0.25) is 0 Å². The average molecular weight is 672 g/mol. The summed E-state index contributed by atoms with van der Waals surface area (Å²) in [6.45, 7) is 1.62. The Balaban J connectivity index is 1.74. The van der Waals surface area contributed by atoms with Gasteiger partial charge in [-0.1, -0.05) is 0 Å². The Hall–Kier alpha value is -2.72. The molecule has 3 aromatic rings. The van der Waals surface area contributed by atoms with Gasteiger partial charge in [-0.15, -0.1) is 0 Å². The first-order chi connectivity index (χ1) is 18.6. The summed E-state index contributed by atoms with van der Waals surface area (Å²) in [6, 6.07) is 8.06. The van der Waals surface area contributed by atoms with Crippen molar-refractivity contribution in [1.82, 2.24) is 15.2 Å². The highest BCUT2D eigenvalue weighted by molar-refractivity contribution is 14.1. The van der Waals surface area contributed by atoms with Gasteiger partial charge in [-0.3, -0.25) is 14.6 Å². The Bertz CT molecular complexity index is 1460. The molecule has 0 aliphatic heterocycles. The van der Waals surface area contributed by atoms with Gasteiger partial charge in [0, 0.05) is 34.3 Å². The van der Waals surface area contributed by atoms with Crippen LogP contribution in [0, 0.1) is 28.0 Å². The molecule has 0 saturated heterocycles. The van der Waals surface area contributed by atoms with Gasteiger partial charge in [0.25, 0.3) is 5.91 Å². The number of aromatic nitrogens is 1. The second kappa shape index (κ2) is 12.6. The van der Waals surface area contributed by atoms with Gasteiger partial charge in [0.1, 0.15) is 4.90 Å². The van der Waals surface area contributed by atoms with Gasteiger partial charge in [0.2, 0.25) is 10.0 Å². The molecule has 1 fully saturated rings. The standard InChI is InChI=1S/C26H27F2IN4O5S/c1-15-12-18(29)4-5-20(15)31-25-19(26(35)32-38-14-16-2-3-16)13-22(23(27)24(25)28)39(36,37)33-21(8-11-34)17-6-9-30-10-7-17/h4-7,9-10,12-13,16,21,31,33-34H,2-3,8,11,14H2,1H3,(H,32,35). The van der Waals surface area contributed by atoms with Crippen LogP contribution in [0.3, 0.4) is 0 Å². The van der Waals surface area contributed by atoms with E-state index >= 15 is 8.78 Å². The van der Waals surface area contributed by atoms with E-state index in [4.69, 9.17) is 4.84 Å². The van der Waals surface area contributed by atoms with E-state index in [-0.39, 0.29) is 19.6 Å². The maximum absolute atomic E-state index is 15.6. The van der Waals surface area contributed by atoms with Crippen LogP contribution in [0.1, 0.15) is 46.8 Å². The van der Waals surface area contributed by atoms with Crippen LogP contribution >= 0.6 is 22.6 Å². The lowest BCUT2D eigenvalue weighted by atomic mass is 10.1. The van der Waals surface area contributed by atoms with Crippen LogP contribution in [-0.4, -0.2) is 37.6 Å². The number of pyridine rings is 1. The van der Waals surface area contributed by atoms with Crippen LogP contribution < -0.4 is 15.5 Å². The molecule has 39 heavy (non-hydrogen) atoms. The maximum atomic E-state index is 15.6. The molecule has 0 radical (unpaired) electrons. The van der Waals surface area contributed by atoms with E-state index in [2.05, 4.69) is 43.1 Å². The van der Waals surface area contributed by atoms with Gasteiger partial charge in [0.15, 0.2) is 11.6 Å². The number of carbonyl (C=O) groups is 1. The number of hydrogen-bond acceptors (Lipinski definition) is 7. The zero-order chi connectivity index (χ0) is 28.2. The van der Waals surface area contributed by atoms with Gasteiger partial charge in [-0.25, -0.2) is 27.4 Å². The van der Waals surface area contributed by atoms with Gasteiger partial charge >= 0.3 is 0 Å². The Morgan fingerprint density at radius 1 is 1.18 bits per heavy atom. The summed E-state index contributed by atoms with van der Waals surface area (Å²) < 4.78 is 60.8. The molecule has 0 bridgehead atoms. The molecule has 4 N–H and O–H groups in total. The fourth-order valence-electron chi connectivity index (χ4n) is 3.84. The topological polar surface area (TPSA) is 130 Å². The van der Waals surface area contributed by atoms with Crippen molar-refractivity contribution in [3.63, 3.8) is 0 Å². The molecule has 1 aliphatic rings. The molecule has 13 heteroatoms. The third-order valence-corrected chi connectivity index (χ3v) is 8.30. The van der Waals surface area contributed by atoms with Gasteiger partial charge < -0.3 is 10.4 Å². The summed E-state index contributed by atoms with van der Waals surface area (Å²) in [5.74, 6) is -3.86. The number of aliphatic hydroxyl groups excluding tert-OH is 1. The molecule has 1 aliphatic carbocycles. The van der Waals surface area contributed by atoms with E-state index in [1.807, 2.05) is 0 Å². The molecule has 1 amide bonds. The fraction of sp³-hybridized carbons (Fsp3) is 0.308. The molecule has 1 saturated carbocycles. The number of hydroxylamine groups is 1. The molecule has 2 aromatic carbocycles. The van der Waals surface area contributed by atoms with Crippen LogP contribution in [-0.2, 0) is 14.9 Å². The highest BCUT2D eigenvalue weighted by atomic mass is 127. The lowest BCUT2D eigenvalue weighted by Gasteiger charge is -2.20. The predicted octanol–water partition coefficient (Wildman–Crippen LogP) is 4.49. The molecular formula is C26H27F2IN4O5S. The Morgan fingerprint density at radius 3 is 2.54 bits per heavy atom. The molecule has 0 spiro atoms. The predicted molar refractivity (Wildman–Crippen MR) is 149 cm³/mol. The largest absolute Gasteiger partial charge is 0.396 e. The number of rotatable bonds is 12. The number of aryl methyl sites for hydroxylation is 1. The summed E-state index contributed by atoms with van der Waals surface area (Å²) >= 11 is 2.10. The van der Waals surface area contributed by atoms with Crippen LogP contribution in [0.5, 0.6) is 0 Å². The van der Waals surface area contributed by atoms with Crippen LogP contribution in [0.15, 0.2) is 53.7 Å². The first-order valence-electron chi connectivity index (χ1n) is 12.1. The summed E-state index contributed by atoms with van der Waals surface area (Å²) in [4.78, 5) is 21.1. The molecule has 4 rings (SSSR count). The minimum Gasteiger partial charge on any atom is -0.396 e. The zero-order valence-electron chi connectivity index (χ0n) is 20.9. The molecule has 9 nitrogen and oxygen atoms in total. The Labute approximate surface area is 238 Å². The van der Waals surface area contributed by atoms with E-state index in [9.17, 15) is 18.3 Å². The molecular weight excluding hydrogens is 645 g/mol. The number of nitrogens with zero attached hydrogens (tertiary/aromatic N) is 1. The number of halogens is 3. The summed E-state index contributed by atoms with van der Waals surface area (Å²) in [7, 11) is -4.71. The number of sulfonamides is 1. The lowest BCUT2D eigenvalue weighted by Crippen LogP contribution is -2.31. The van der Waals surface area contributed by atoms with E-state index in [0.29, 0.717) is 22.7 Å². The minimum absolute atomic E-state index is 0.0403. The van der Waals surface area contributed by atoms with Gasteiger partial charge in [0.05, 0.1) is 17.9 Å². The SMILES string of the molecule is Cc1cc(I)ccc1Nc1c(C(=O)NOCC2CC2)cc(S(=O)(=O)NC(CCO)c2ccncc2)c(F)c1F. The number of benzene rings is 2. The average Bonchev–Trinajstić information content (AvgIpc) is 3.72. The quantitative estimate of drug-likeness (QED) is 0.165. The summed E-state index contributed by atoms with van der Waals surface area (Å²) in [6.07, 6.45) is 4.75. The van der Waals surface area contributed by atoms with E-state index in [1.165, 1.54) is 24.5 Å². The van der Waals surface area contributed by atoms with Crippen LogP contribution in [0.25, 0.3) is 0 Å². The van der Waals surface area contributed by atoms with Gasteiger partial charge in [-0.2, -0.15) is 0 Å². The van der Waals surface area contributed by atoms with Crippen molar-refractivity contribution in [2.75, 3.05) is 18.5 Å². The van der Waals surface area contributed by atoms with Gasteiger partial charge in [-0.05, 0) is 102 Å². The first kappa shape index (κ1) is 29.3. The number of hydrogen-bond donors (Lipinski definition) is 4. The maximum Gasteiger partial charge on any atom is 0.277 e. The summed E-state index contributed by atoms with van der Waals surface area (Å²) in [5.41, 5.74) is 2.76. The lowest BCUT2D eigenvalue weighted by molar-refractivity contribution is 0.0270. The third-order valence-electron chi connectivity index (χ3n) is 6.16. The highest BCUT2D eigenvalue weighted by Crippen LogP contribution is 2.33. The van der Waals surface area contributed by atoms with E-state index in [1.54, 1.807) is 25.1 Å². The monoisotopic (exact) mass is 672 g/mol. The van der Waals surface area contributed by atoms with Crippen molar-refractivity contribution in [3.8, 4) is 0 Å². The second-order valence-electron chi connectivity index (χ2n) is 9.16. The number of anilines is 2. The minimum atomic E-state index is -4.71.